The summed E-state index contributed by atoms with van der Waals surface area (Å²) in [4.78, 5) is 16.5. The highest BCUT2D eigenvalue weighted by Crippen LogP contribution is 2.29. The lowest BCUT2D eigenvalue weighted by Gasteiger charge is -2.27. The largest absolute Gasteiger partial charge is 0.471 e. The van der Waals surface area contributed by atoms with E-state index in [-0.39, 0.29) is 24.5 Å². The van der Waals surface area contributed by atoms with Crippen LogP contribution in [0.15, 0.2) is 28.8 Å². The fourth-order valence-electron chi connectivity index (χ4n) is 2.69. The first-order valence-electron chi connectivity index (χ1n) is 8.79. The van der Waals surface area contributed by atoms with Crippen molar-refractivity contribution in [2.24, 2.45) is 5.92 Å². The van der Waals surface area contributed by atoms with E-state index in [1.54, 1.807) is 6.92 Å². The van der Waals surface area contributed by atoms with Crippen LogP contribution in [0.4, 0.5) is 26.3 Å². The number of ether oxygens (including phenoxy) is 1. The Hall–Kier alpha value is -2.63. The third-order valence-electron chi connectivity index (χ3n) is 4.15. The molecule has 0 aliphatic carbocycles. The lowest BCUT2D eigenvalue weighted by molar-refractivity contribution is -0.166. The zero-order chi connectivity index (χ0) is 22.5. The van der Waals surface area contributed by atoms with E-state index in [2.05, 4.69) is 14.7 Å². The average Bonchev–Trinajstić information content (AvgIpc) is 3.15. The van der Waals surface area contributed by atoms with Crippen molar-refractivity contribution < 1.29 is 40.4 Å². The van der Waals surface area contributed by atoms with E-state index in [4.69, 9.17) is 4.74 Å². The Labute approximate surface area is 167 Å². The van der Waals surface area contributed by atoms with E-state index in [0.717, 1.165) is 0 Å². The molecule has 6 nitrogen and oxygen atoms in total. The van der Waals surface area contributed by atoms with Crippen molar-refractivity contribution in [3.63, 3.8) is 0 Å². The van der Waals surface area contributed by atoms with Gasteiger partial charge in [-0.05, 0) is 12.0 Å². The van der Waals surface area contributed by atoms with Crippen LogP contribution in [-0.4, -0.2) is 47.4 Å². The minimum atomic E-state index is -4.79. The van der Waals surface area contributed by atoms with E-state index >= 15 is 0 Å². The number of carbonyl (C=O) groups excluding carboxylic acids is 1. The van der Waals surface area contributed by atoms with E-state index in [9.17, 15) is 31.1 Å². The van der Waals surface area contributed by atoms with Crippen molar-refractivity contribution in [1.29, 1.82) is 0 Å². The molecule has 0 spiro atoms. The molecule has 0 radical (unpaired) electrons. The number of benzene rings is 1. The second-order valence-corrected chi connectivity index (χ2v) is 6.49. The van der Waals surface area contributed by atoms with Gasteiger partial charge in [0, 0.05) is 19.2 Å². The van der Waals surface area contributed by atoms with Gasteiger partial charge in [-0.15, -0.1) is 0 Å². The van der Waals surface area contributed by atoms with Crippen LogP contribution >= 0.6 is 0 Å². The van der Waals surface area contributed by atoms with E-state index in [1.807, 2.05) is 0 Å². The van der Waals surface area contributed by atoms with Gasteiger partial charge in [-0.2, -0.15) is 31.3 Å². The zero-order valence-corrected chi connectivity index (χ0v) is 16.0. The summed E-state index contributed by atoms with van der Waals surface area (Å²) in [5.74, 6) is -3.25. The first-order chi connectivity index (χ1) is 13.9. The van der Waals surface area contributed by atoms with Crippen LogP contribution in [0.3, 0.4) is 0 Å². The van der Waals surface area contributed by atoms with Crippen LogP contribution in [0.2, 0.25) is 0 Å². The van der Waals surface area contributed by atoms with Gasteiger partial charge in [0.1, 0.15) is 6.54 Å². The highest BCUT2D eigenvalue weighted by atomic mass is 19.4. The second-order valence-electron chi connectivity index (χ2n) is 6.49. The Morgan fingerprint density at radius 1 is 1.17 bits per heavy atom. The van der Waals surface area contributed by atoms with Gasteiger partial charge in [-0.25, -0.2) is 0 Å². The number of carbonyl (C=O) groups is 1. The Morgan fingerprint density at radius 3 is 2.27 bits per heavy atom. The molecule has 2 aromatic rings. The molecule has 0 saturated heterocycles. The molecular formula is C18H19F6N3O3. The molecule has 0 aliphatic rings. The van der Waals surface area contributed by atoms with Crippen molar-refractivity contribution in [2.75, 3.05) is 20.3 Å². The van der Waals surface area contributed by atoms with Gasteiger partial charge in [0.05, 0.1) is 12.5 Å². The summed E-state index contributed by atoms with van der Waals surface area (Å²) >= 11 is 0. The first kappa shape index (κ1) is 23.6. The first-order valence-corrected chi connectivity index (χ1v) is 8.79. The summed E-state index contributed by atoms with van der Waals surface area (Å²) in [7, 11) is 1.35. The number of methoxy groups -OCH3 is 1. The molecule has 2 rings (SSSR count). The maximum absolute atomic E-state index is 13.0. The lowest BCUT2D eigenvalue weighted by Crippen LogP contribution is -2.42. The number of nitrogens with zero attached hydrogens (tertiary/aromatic N) is 3. The molecule has 0 aliphatic heterocycles. The molecule has 166 valence electrons. The molecule has 1 heterocycles. The van der Waals surface area contributed by atoms with Gasteiger partial charge < -0.3 is 14.2 Å². The Morgan fingerprint density at radius 2 is 1.80 bits per heavy atom. The summed E-state index contributed by atoms with van der Waals surface area (Å²) in [6, 6.07) is 5.44. The summed E-state index contributed by atoms with van der Waals surface area (Å²) in [6.45, 7) is -0.114. The third kappa shape index (κ3) is 6.44. The molecule has 1 aromatic heterocycles. The monoisotopic (exact) mass is 439 g/mol. The molecule has 0 fully saturated rings. The number of aromatic nitrogens is 2. The molecule has 1 unspecified atom stereocenters. The number of hydrogen-bond donors (Lipinski definition) is 0. The molecule has 30 heavy (non-hydrogen) atoms. The molecule has 0 bridgehead atoms. The number of hydrogen-bond acceptors (Lipinski definition) is 5. The van der Waals surface area contributed by atoms with E-state index in [0.29, 0.717) is 16.9 Å². The van der Waals surface area contributed by atoms with Gasteiger partial charge in [0.2, 0.25) is 11.7 Å². The fraction of sp³-hybridized carbons (Fsp3) is 0.500. The van der Waals surface area contributed by atoms with Crippen LogP contribution in [0, 0.1) is 5.92 Å². The zero-order valence-electron chi connectivity index (χ0n) is 16.0. The van der Waals surface area contributed by atoms with E-state index in [1.165, 1.54) is 31.4 Å². The van der Waals surface area contributed by atoms with Crippen molar-refractivity contribution in [3.05, 3.63) is 35.7 Å². The summed E-state index contributed by atoms with van der Waals surface area (Å²) in [6.07, 6.45) is -9.08. The van der Waals surface area contributed by atoms with Gasteiger partial charge in [0.25, 0.3) is 0 Å². The Bertz CT molecular complexity index is 833. The highest BCUT2D eigenvalue weighted by molar-refractivity contribution is 5.79. The third-order valence-corrected chi connectivity index (χ3v) is 4.15. The number of rotatable bonds is 8. The topological polar surface area (TPSA) is 68.5 Å². The predicted molar refractivity (Wildman–Crippen MR) is 91.9 cm³/mol. The molecule has 1 amide bonds. The smallest absolute Gasteiger partial charge is 0.384 e. The number of alkyl halides is 6. The predicted octanol–water partition coefficient (Wildman–Crippen LogP) is 4.32. The summed E-state index contributed by atoms with van der Waals surface area (Å²) in [5, 5.41) is 3.24. The van der Waals surface area contributed by atoms with Crippen molar-refractivity contribution in [3.8, 4) is 11.4 Å². The molecule has 1 atom stereocenters. The Kier molecular flexibility index (Phi) is 7.45. The second kappa shape index (κ2) is 9.45. The number of amides is 1. The fourth-order valence-corrected chi connectivity index (χ4v) is 2.69. The van der Waals surface area contributed by atoms with Crippen molar-refractivity contribution in [2.45, 2.75) is 32.2 Å². The molecule has 12 heteroatoms. The van der Waals surface area contributed by atoms with Crippen LogP contribution < -0.4 is 0 Å². The molecule has 1 aromatic carbocycles. The average molecular weight is 439 g/mol. The maximum Gasteiger partial charge on any atom is 0.471 e. The summed E-state index contributed by atoms with van der Waals surface area (Å²) < 4.78 is 85.6. The van der Waals surface area contributed by atoms with Crippen LogP contribution in [0.1, 0.15) is 24.8 Å². The molecule has 0 N–H and O–H groups in total. The highest BCUT2D eigenvalue weighted by Gasteiger charge is 2.38. The molecule has 0 saturated carbocycles. The van der Waals surface area contributed by atoms with Crippen molar-refractivity contribution in [1.82, 2.24) is 15.0 Å². The standard InChI is InChI=1S/C18H19F6N3O3/c1-3-12(9-29-2)15(28)27(10-17(19,20)21)8-11-4-6-13(7-5-11)14-25-16(30-26-14)18(22,23)24/h4-7,12H,3,8-10H2,1-2H3. The Balaban J connectivity index is 2.19. The van der Waals surface area contributed by atoms with Crippen molar-refractivity contribution >= 4 is 5.91 Å². The van der Waals surface area contributed by atoms with Crippen LogP contribution in [0.25, 0.3) is 11.4 Å². The van der Waals surface area contributed by atoms with Gasteiger partial charge in [0.15, 0.2) is 0 Å². The minimum absolute atomic E-state index is 0.0119. The van der Waals surface area contributed by atoms with Gasteiger partial charge >= 0.3 is 18.2 Å². The maximum atomic E-state index is 13.0. The van der Waals surface area contributed by atoms with Crippen LogP contribution in [-0.2, 0) is 22.3 Å². The quantitative estimate of drug-likeness (QED) is 0.573. The SMILES string of the molecule is CCC(COC)C(=O)N(Cc1ccc(-c2noc(C(F)(F)F)n2)cc1)CC(F)(F)F. The minimum Gasteiger partial charge on any atom is -0.384 e. The molecular weight excluding hydrogens is 420 g/mol. The lowest BCUT2D eigenvalue weighted by atomic mass is 10.0. The van der Waals surface area contributed by atoms with Gasteiger partial charge in [-0.3, -0.25) is 4.79 Å². The normalized spacial score (nSPS) is 13.3. The summed E-state index contributed by atoms with van der Waals surface area (Å²) in [5.41, 5.74) is 0.528. The van der Waals surface area contributed by atoms with E-state index < -0.39 is 36.6 Å². The van der Waals surface area contributed by atoms with Crippen LogP contribution in [0.5, 0.6) is 0 Å². The van der Waals surface area contributed by atoms with Gasteiger partial charge in [-0.1, -0.05) is 36.3 Å². The number of halogens is 6.